The molecule has 7 heteroatoms. The number of carbonyl (C=O) groups excluding carboxylic acids is 1. The topological polar surface area (TPSA) is 92.9 Å². The van der Waals surface area contributed by atoms with E-state index in [0.717, 1.165) is 11.1 Å². The normalized spacial score (nSPS) is 15.2. The molecule has 1 aliphatic heterocycles. The average molecular weight is 442 g/mol. The largest absolute Gasteiger partial charge is 0.504 e. The Bertz CT molecular complexity index is 1430. The number of carbonyl (C=O) groups is 1. The molecule has 0 fully saturated rings. The Hall–Kier alpha value is -4.13. The van der Waals surface area contributed by atoms with Crippen LogP contribution in [-0.2, 0) is 6.54 Å². The van der Waals surface area contributed by atoms with Crippen molar-refractivity contribution in [2.24, 2.45) is 0 Å². The summed E-state index contributed by atoms with van der Waals surface area (Å²) in [4.78, 5) is 32.9. The highest BCUT2D eigenvalue weighted by Gasteiger charge is 2.43. The van der Waals surface area contributed by atoms with Crippen LogP contribution in [0, 0.1) is 6.92 Å². The van der Waals surface area contributed by atoms with Gasteiger partial charge in [0.15, 0.2) is 16.9 Å². The van der Waals surface area contributed by atoms with Gasteiger partial charge in [-0.1, -0.05) is 23.8 Å². The van der Waals surface area contributed by atoms with Crippen molar-refractivity contribution < 1.29 is 19.1 Å². The molecule has 1 aliphatic rings. The average Bonchev–Trinajstić information content (AvgIpc) is 3.08. The Morgan fingerprint density at radius 3 is 2.76 bits per heavy atom. The van der Waals surface area contributed by atoms with Gasteiger partial charge in [-0.05, 0) is 55.3 Å². The number of rotatable bonds is 5. The number of hydrogen-bond acceptors (Lipinski definition) is 6. The summed E-state index contributed by atoms with van der Waals surface area (Å²) in [6.07, 6.45) is 3.35. The number of aromatic hydroxyl groups is 1. The molecule has 2 aromatic carbocycles. The molecule has 33 heavy (non-hydrogen) atoms. The summed E-state index contributed by atoms with van der Waals surface area (Å²) in [7, 11) is 0. The first-order valence-corrected chi connectivity index (χ1v) is 10.7. The summed E-state index contributed by atoms with van der Waals surface area (Å²) in [5.74, 6) is -0.0517. The standard InChI is InChI=1S/C26H22N2O5/c1-3-32-21-12-17(7-8-19(21)29)23-22-24(30)18-11-15(2)6-9-20(18)33-25(22)26(31)28(23)14-16-5-4-10-27-13-16/h4-13,23,29H,3,14H2,1-2H3/t23-/m1/s1. The lowest BCUT2D eigenvalue weighted by molar-refractivity contribution is 0.0714. The number of aromatic nitrogens is 1. The summed E-state index contributed by atoms with van der Waals surface area (Å²) in [5, 5.41) is 10.6. The van der Waals surface area contributed by atoms with Gasteiger partial charge in [0.2, 0.25) is 5.76 Å². The van der Waals surface area contributed by atoms with Gasteiger partial charge in [-0.25, -0.2) is 0 Å². The first kappa shape index (κ1) is 20.8. The highest BCUT2D eigenvalue weighted by atomic mass is 16.5. The second-order valence-electron chi connectivity index (χ2n) is 8.03. The molecule has 0 saturated heterocycles. The second-order valence-corrected chi connectivity index (χ2v) is 8.03. The Balaban J connectivity index is 1.74. The number of fused-ring (bicyclic) bond motifs is 2. The minimum absolute atomic E-state index is 0.00914. The number of amides is 1. The Kier molecular flexibility index (Phi) is 5.09. The van der Waals surface area contributed by atoms with Crippen molar-refractivity contribution in [3.05, 3.63) is 99.2 Å². The molecule has 0 aliphatic carbocycles. The third-order valence-electron chi connectivity index (χ3n) is 5.80. The van der Waals surface area contributed by atoms with Gasteiger partial charge in [0.25, 0.3) is 5.91 Å². The van der Waals surface area contributed by atoms with Crippen LogP contribution < -0.4 is 10.2 Å². The van der Waals surface area contributed by atoms with Crippen LogP contribution >= 0.6 is 0 Å². The third-order valence-corrected chi connectivity index (χ3v) is 5.80. The Morgan fingerprint density at radius 2 is 2.00 bits per heavy atom. The van der Waals surface area contributed by atoms with Crippen molar-refractivity contribution in [2.75, 3.05) is 6.61 Å². The first-order valence-electron chi connectivity index (χ1n) is 10.7. The molecular formula is C26H22N2O5. The summed E-state index contributed by atoms with van der Waals surface area (Å²) in [6.45, 7) is 4.32. The van der Waals surface area contributed by atoms with Crippen LogP contribution in [0.2, 0.25) is 0 Å². The highest BCUT2D eigenvalue weighted by molar-refractivity contribution is 5.99. The molecule has 2 aromatic heterocycles. The van der Waals surface area contributed by atoms with Crippen LogP contribution in [0.25, 0.3) is 11.0 Å². The fourth-order valence-electron chi connectivity index (χ4n) is 4.30. The third kappa shape index (κ3) is 3.51. The van der Waals surface area contributed by atoms with Crippen molar-refractivity contribution in [1.82, 2.24) is 9.88 Å². The van der Waals surface area contributed by atoms with Gasteiger partial charge in [-0.2, -0.15) is 0 Å². The number of ether oxygens (including phenoxy) is 1. The maximum Gasteiger partial charge on any atom is 0.291 e. The highest BCUT2D eigenvalue weighted by Crippen LogP contribution is 2.41. The molecule has 1 amide bonds. The van der Waals surface area contributed by atoms with Gasteiger partial charge in [0.1, 0.15) is 5.58 Å². The molecule has 3 heterocycles. The molecule has 0 unspecified atom stereocenters. The van der Waals surface area contributed by atoms with Crippen molar-refractivity contribution in [2.45, 2.75) is 26.4 Å². The molecule has 0 spiro atoms. The monoisotopic (exact) mass is 442 g/mol. The van der Waals surface area contributed by atoms with E-state index >= 15 is 0 Å². The zero-order valence-electron chi connectivity index (χ0n) is 18.2. The van der Waals surface area contributed by atoms with Crippen LogP contribution in [0.15, 0.2) is 70.1 Å². The van der Waals surface area contributed by atoms with E-state index in [-0.39, 0.29) is 35.0 Å². The van der Waals surface area contributed by atoms with E-state index in [4.69, 9.17) is 9.15 Å². The number of benzene rings is 2. The number of pyridine rings is 1. The zero-order valence-corrected chi connectivity index (χ0v) is 18.2. The van der Waals surface area contributed by atoms with Gasteiger partial charge < -0.3 is 19.2 Å². The molecule has 0 radical (unpaired) electrons. The number of phenols is 1. The van der Waals surface area contributed by atoms with Gasteiger partial charge in [-0.15, -0.1) is 0 Å². The summed E-state index contributed by atoms with van der Waals surface area (Å²) < 4.78 is 11.5. The molecule has 0 saturated carbocycles. The van der Waals surface area contributed by atoms with Crippen LogP contribution in [0.5, 0.6) is 11.5 Å². The molecule has 7 nitrogen and oxygen atoms in total. The molecule has 0 bridgehead atoms. The van der Waals surface area contributed by atoms with Crippen molar-refractivity contribution in [3.63, 3.8) is 0 Å². The maximum absolute atomic E-state index is 13.6. The van der Waals surface area contributed by atoms with E-state index in [2.05, 4.69) is 4.98 Å². The number of phenolic OH excluding ortho intramolecular Hbond substituents is 1. The molecule has 1 atom stereocenters. The van der Waals surface area contributed by atoms with Crippen molar-refractivity contribution in [3.8, 4) is 11.5 Å². The summed E-state index contributed by atoms with van der Waals surface area (Å²) in [6, 6.07) is 13.2. The van der Waals surface area contributed by atoms with Gasteiger partial charge in [0.05, 0.1) is 23.6 Å². The predicted molar refractivity (Wildman–Crippen MR) is 122 cm³/mol. The zero-order chi connectivity index (χ0) is 23.1. The quantitative estimate of drug-likeness (QED) is 0.494. The van der Waals surface area contributed by atoms with Gasteiger partial charge in [0, 0.05) is 18.9 Å². The van der Waals surface area contributed by atoms with Gasteiger partial charge >= 0.3 is 0 Å². The number of hydrogen-bond donors (Lipinski definition) is 1. The fourth-order valence-corrected chi connectivity index (χ4v) is 4.30. The van der Waals surface area contributed by atoms with Crippen molar-refractivity contribution in [1.29, 1.82) is 0 Å². The number of nitrogens with zero attached hydrogens (tertiary/aromatic N) is 2. The predicted octanol–water partition coefficient (Wildman–Crippen LogP) is 4.35. The summed E-state index contributed by atoms with van der Waals surface area (Å²) >= 11 is 0. The van der Waals surface area contributed by atoms with E-state index < -0.39 is 6.04 Å². The molecule has 1 N–H and O–H groups in total. The lowest BCUT2D eigenvalue weighted by Crippen LogP contribution is -2.29. The van der Waals surface area contributed by atoms with E-state index in [1.54, 1.807) is 47.6 Å². The fraction of sp³-hybridized carbons (Fsp3) is 0.192. The van der Waals surface area contributed by atoms with E-state index in [1.165, 1.54) is 6.07 Å². The summed E-state index contributed by atoms with van der Waals surface area (Å²) in [5.41, 5.74) is 2.81. The van der Waals surface area contributed by atoms with E-state index in [1.807, 2.05) is 26.0 Å². The van der Waals surface area contributed by atoms with Crippen LogP contribution in [0.4, 0.5) is 0 Å². The van der Waals surface area contributed by atoms with Crippen LogP contribution in [0.1, 0.15) is 45.8 Å². The van der Waals surface area contributed by atoms with Crippen LogP contribution in [-0.4, -0.2) is 27.5 Å². The Labute approximate surface area is 189 Å². The minimum atomic E-state index is -0.700. The first-order chi connectivity index (χ1) is 16.0. The van der Waals surface area contributed by atoms with E-state index in [0.29, 0.717) is 28.9 Å². The molecular weight excluding hydrogens is 420 g/mol. The molecule has 4 aromatic rings. The lowest BCUT2D eigenvalue weighted by Gasteiger charge is -2.25. The minimum Gasteiger partial charge on any atom is -0.504 e. The maximum atomic E-state index is 13.6. The second kappa shape index (κ2) is 8.09. The van der Waals surface area contributed by atoms with E-state index in [9.17, 15) is 14.7 Å². The Morgan fingerprint density at radius 1 is 1.15 bits per heavy atom. The molecule has 5 rings (SSSR count). The lowest BCUT2D eigenvalue weighted by atomic mass is 9.97. The number of aryl methyl sites for hydroxylation is 1. The molecule has 166 valence electrons. The SMILES string of the molecule is CCOc1cc([C@@H]2c3c(oc4ccc(C)cc4c3=O)C(=O)N2Cc2cccnc2)ccc1O. The van der Waals surface area contributed by atoms with Crippen LogP contribution in [0.3, 0.4) is 0 Å². The smallest absolute Gasteiger partial charge is 0.291 e. The van der Waals surface area contributed by atoms with Crippen molar-refractivity contribution >= 4 is 16.9 Å². The van der Waals surface area contributed by atoms with Gasteiger partial charge in [-0.3, -0.25) is 14.6 Å².